The Bertz CT molecular complexity index is 719. The fourth-order valence-corrected chi connectivity index (χ4v) is 2.37. The molecule has 0 unspecified atom stereocenters. The van der Waals surface area contributed by atoms with E-state index in [0.717, 1.165) is 10.0 Å². The second-order valence-electron chi connectivity index (χ2n) is 6.22. The number of nitrogens with one attached hydrogen (secondary N) is 2. The third-order valence-corrected chi connectivity index (χ3v) is 4.03. The standard InChI is InChI=1S/C18H19BrN2O2/c1-18(2,3)12-8-10-13(11-9-12)20-16(22)17(23)21-15-7-5-4-6-14(15)19/h4-11H,1-3H3,(H,20,22)(H,21,23). The Labute approximate surface area is 144 Å². The van der Waals surface area contributed by atoms with Gasteiger partial charge < -0.3 is 10.6 Å². The van der Waals surface area contributed by atoms with E-state index < -0.39 is 11.8 Å². The molecular weight excluding hydrogens is 356 g/mol. The molecule has 0 radical (unpaired) electrons. The van der Waals surface area contributed by atoms with Gasteiger partial charge >= 0.3 is 11.8 Å². The summed E-state index contributed by atoms with van der Waals surface area (Å²) in [6.07, 6.45) is 0. The summed E-state index contributed by atoms with van der Waals surface area (Å²) in [7, 11) is 0. The number of carbonyl (C=O) groups excluding carboxylic acids is 2. The van der Waals surface area contributed by atoms with Crippen molar-refractivity contribution in [3.05, 3.63) is 58.6 Å². The van der Waals surface area contributed by atoms with Crippen LogP contribution in [0.25, 0.3) is 0 Å². The van der Waals surface area contributed by atoms with Gasteiger partial charge in [-0.2, -0.15) is 0 Å². The molecule has 0 aliphatic rings. The first-order valence-electron chi connectivity index (χ1n) is 7.25. The van der Waals surface area contributed by atoms with E-state index in [1.165, 1.54) is 0 Å². The first kappa shape index (κ1) is 17.2. The van der Waals surface area contributed by atoms with Crippen molar-refractivity contribution in [3.63, 3.8) is 0 Å². The van der Waals surface area contributed by atoms with Crippen molar-refractivity contribution in [2.75, 3.05) is 10.6 Å². The SMILES string of the molecule is CC(C)(C)c1ccc(NC(=O)C(=O)Nc2ccccc2Br)cc1. The second kappa shape index (κ2) is 6.96. The van der Waals surface area contributed by atoms with Crippen molar-refractivity contribution in [1.82, 2.24) is 0 Å². The van der Waals surface area contributed by atoms with E-state index in [0.29, 0.717) is 11.4 Å². The van der Waals surface area contributed by atoms with Crippen LogP contribution < -0.4 is 10.6 Å². The molecule has 0 aromatic heterocycles. The van der Waals surface area contributed by atoms with E-state index in [9.17, 15) is 9.59 Å². The van der Waals surface area contributed by atoms with Gasteiger partial charge in [0.05, 0.1) is 5.69 Å². The van der Waals surface area contributed by atoms with E-state index in [2.05, 4.69) is 47.3 Å². The van der Waals surface area contributed by atoms with E-state index in [4.69, 9.17) is 0 Å². The number of hydrogen-bond acceptors (Lipinski definition) is 2. The first-order valence-corrected chi connectivity index (χ1v) is 8.04. The van der Waals surface area contributed by atoms with Gasteiger partial charge in [-0.05, 0) is 51.2 Å². The van der Waals surface area contributed by atoms with Gasteiger partial charge in [0.25, 0.3) is 0 Å². The lowest BCUT2D eigenvalue weighted by Gasteiger charge is -2.19. The van der Waals surface area contributed by atoms with Crippen LogP contribution >= 0.6 is 15.9 Å². The number of halogens is 1. The molecule has 120 valence electrons. The van der Waals surface area contributed by atoms with Gasteiger partial charge in [0.15, 0.2) is 0 Å². The molecule has 23 heavy (non-hydrogen) atoms. The molecule has 2 aromatic rings. The highest BCUT2D eigenvalue weighted by Gasteiger charge is 2.16. The normalized spacial score (nSPS) is 11.0. The Morgan fingerprint density at radius 1 is 0.870 bits per heavy atom. The van der Waals surface area contributed by atoms with Gasteiger partial charge in [-0.1, -0.05) is 45.0 Å². The topological polar surface area (TPSA) is 58.2 Å². The highest BCUT2D eigenvalue weighted by Crippen LogP contribution is 2.24. The van der Waals surface area contributed by atoms with E-state index in [1.54, 1.807) is 30.3 Å². The van der Waals surface area contributed by atoms with Crippen molar-refractivity contribution in [2.24, 2.45) is 0 Å². The lowest BCUT2D eigenvalue weighted by molar-refractivity contribution is -0.133. The molecule has 0 saturated carbocycles. The summed E-state index contributed by atoms with van der Waals surface area (Å²) < 4.78 is 0.718. The monoisotopic (exact) mass is 374 g/mol. The lowest BCUT2D eigenvalue weighted by Crippen LogP contribution is -2.29. The zero-order valence-electron chi connectivity index (χ0n) is 13.3. The maximum Gasteiger partial charge on any atom is 0.314 e. The van der Waals surface area contributed by atoms with Crippen LogP contribution in [0.15, 0.2) is 53.0 Å². The summed E-state index contributed by atoms with van der Waals surface area (Å²) in [5, 5.41) is 5.16. The largest absolute Gasteiger partial charge is 0.318 e. The predicted octanol–water partition coefficient (Wildman–Crippen LogP) is 4.32. The van der Waals surface area contributed by atoms with Crippen molar-refractivity contribution >= 4 is 39.1 Å². The van der Waals surface area contributed by atoms with Crippen LogP contribution in [0.2, 0.25) is 0 Å². The number of hydrogen-bond donors (Lipinski definition) is 2. The molecule has 2 amide bonds. The van der Waals surface area contributed by atoms with Gasteiger partial charge in [-0.15, -0.1) is 0 Å². The van der Waals surface area contributed by atoms with Crippen LogP contribution in [-0.2, 0) is 15.0 Å². The molecule has 0 bridgehead atoms. The number of amides is 2. The maximum absolute atomic E-state index is 12.0. The highest BCUT2D eigenvalue weighted by atomic mass is 79.9. The average molecular weight is 375 g/mol. The summed E-state index contributed by atoms with van der Waals surface area (Å²) in [6.45, 7) is 6.35. The fourth-order valence-electron chi connectivity index (χ4n) is 1.98. The second-order valence-corrected chi connectivity index (χ2v) is 7.07. The zero-order chi connectivity index (χ0) is 17.0. The average Bonchev–Trinajstić information content (AvgIpc) is 2.49. The van der Waals surface area contributed by atoms with Crippen LogP contribution in [0.5, 0.6) is 0 Å². The van der Waals surface area contributed by atoms with Crippen molar-refractivity contribution < 1.29 is 9.59 Å². The molecule has 0 atom stereocenters. The molecule has 0 fully saturated rings. The number of anilines is 2. The van der Waals surface area contributed by atoms with Crippen LogP contribution in [0.3, 0.4) is 0 Å². The predicted molar refractivity (Wildman–Crippen MR) is 96.5 cm³/mol. The Morgan fingerprint density at radius 2 is 1.43 bits per heavy atom. The summed E-state index contributed by atoms with van der Waals surface area (Å²) >= 11 is 3.32. The summed E-state index contributed by atoms with van der Waals surface area (Å²) in [4.78, 5) is 23.9. The molecule has 4 nitrogen and oxygen atoms in total. The van der Waals surface area contributed by atoms with Crippen molar-refractivity contribution in [1.29, 1.82) is 0 Å². The molecular formula is C18H19BrN2O2. The van der Waals surface area contributed by atoms with Crippen LogP contribution in [-0.4, -0.2) is 11.8 Å². The highest BCUT2D eigenvalue weighted by molar-refractivity contribution is 9.10. The Morgan fingerprint density at radius 3 is 2.00 bits per heavy atom. The smallest absolute Gasteiger partial charge is 0.314 e. The summed E-state index contributed by atoms with van der Waals surface area (Å²) in [6, 6.07) is 14.6. The van der Waals surface area contributed by atoms with E-state index in [1.807, 2.05) is 18.2 Å². The number of rotatable bonds is 2. The van der Waals surface area contributed by atoms with Gasteiger partial charge in [-0.25, -0.2) is 0 Å². The summed E-state index contributed by atoms with van der Waals surface area (Å²) in [5.41, 5.74) is 2.34. The Balaban J connectivity index is 2.01. The number of carbonyl (C=O) groups is 2. The van der Waals surface area contributed by atoms with Gasteiger partial charge in [0.1, 0.15) is 0 Å². The molecule has 2 N–H and O–H groups in total. The molecule has 0 saturated heterocycles. The third-order valence-electron chi connectivity index (χ3n) is 3.34. The lowest BCUT2D eigenvalue weighted by atomic mass is 9.87. The minimum Gasteiger partial charge on any atom is -0.318 e. The fraction of sp³-hybridized carbons (Fsp3) is 0.222. The van der Waals surface area contributed by atoms with Gasteiger partial charge in [0.2, 0.25) is 0 Å². The Kier molecular flexibility index (Phi) is 5.21. The first-order chi connectivity index (χ1) is 10.8. The number of para-hydroxylation sites is 1. The van der Waals surface area contributed by atoms with Gasteiger partial charge in [0, 0.05) is 10.2 Å². The van der Waals surface area contributed by atoms with Crippen LogP contribution in [0.1, 0.15) is 26.3 Å². The molecule has 2 aromatic carbocycles. The van der Waals surface area contributed by atoms with Crippen LogP contribution in [0, 0.1) is 0 Å². The van der Waals surface area contributed by atoms with Crippen molar-refractivity contribution in [2.45, 2.75) is 26.2 Å². The van der Waals surface area contributed by atoms with E-state index in [-0.39, 0.29) is 5.41 Å². The molecule has 0 heterocycles. The molecule has 0 spiro atoms. The maximum atomic E-state index is 12.0. The molecule has 2 rings (SSSR count). The molecule has 0 aliphatic carbocycles. The Hall–Kier alpha value is -2.14. The molecule has 0 aliphatic heterocycles. The minimum absolute atomic E-state index is 0.0412. The van der Waals surface area contributed by atoms with Crippen molar-refractivity contribution in [3.8, 4) is 0 Å². The zero-order valence-corrected chi connectivity index (χ0v) is 14.9. The van der Waals surface area contributed by atoms with Crippen LogP contribution in [0.4, 0.5) is 11.4 Å². The summed E-state index contributed by atoms with van der Waals surface area (Å²) in [5.74, 6) is -1.42. The van der Waals surface area contributed by atoms with Gasteiger partial charge in [-0.3, -0.25) is 9.59 Å². The van der Waals surface area contributed by atoms with E-state index >= 15 is 0 Å². The quantitative estimate of drug-likeness (QED) is 0.768. The molecule has 5 heteroatoms. The number of benzene rings is 2. The minimum atomic E-state index is -0.711. The third kappa shape index (κ3) is 4.66.